The molecule has 0 atom stereocenters. The van der Waals surface area contributed by atoms with Gasteiger partial charge in [-0.05, 0) is 36.2 Å². The van der Waals surface area contributed by atoms with E-state index in [4.69, 9.17) is 5.14 Å². The van der Waals surface area contributed by atoms with Crippen molar-refractivity contribution in [2.24, 2.45) is 5.14 Å². The van der Waals surface area contributed by atoms with Crippen molar-refractivity contribution in [3.8, 4) is 0 Å². The molecule has 0 radical (unpaired) electrons. The van der Waals surface area contributed by atoms with Crippen molar-refractivity contribution in [3.63, 3.8) is 0 Å². The highest BCUT2D eigenvalue weighted by molar-refractivity contribution is 7.89. The second kappa shape index (κ2) is 8.15. The van der Waals surface area contributed by atoms with E-state index in [0.29, 0.717) is 17.6 Å². The smallest absolute Gasteiger partial charge is 0.313 e. The minimum atomic E-state index is -3.74. The number of primary sulfonamides is 1. The van der Waals surface area contributed by atoms with Gasteiger partial charge in [-0.15, -0.1) is 0 Å². The lowest BCUT2D eigenvalue weighted by Crippen LogP contribution is -2.36. The van der Waals surface area contributed by atoms with Gasteiger partial charge >= 0.3 is 11.8 Å². The van der Waals surface area contributed by atoms with Crippen molar-refractivity contribution in [2.45, 2.75) is 11.3 Å². The number of benzene rings is 2. The normalized spacial score (nSPS) is 11.2. The van der Waals surface area contributed by atoms with Crippen molar-refractivity contribution in [1.82, 2.24) is 10.3 Å². The number of pyridine rings is 1. The summed E-state index contributed by atoms with van der Waals surface area (Å²) in [6, 6.07) is 15.0. The summed E-state index contributed by atoms with van der Waals surface area (Å²) in [4.78, 5) is 28.4. The van der Waals surface area contributed by atoms with Crippen molar-refractivity contribution < 1.29 is 18.0 Å². The summed E-state index contributed by atoms with van der Waals surface area (Å²) in [7, 11) is -3.74. The lowest BCUT2D eigenvalue weighted by molar-refractivity contribution is -0.136. The maximum atomic E-state index is 12.1. The molecule has 0 spiro atoms. The number of nitrogens with zero attached hydrogens (tertiary/aromatic N) is 1. The van der Waals surface area contributed by atoms with E-state index in [9.17, 15) is 18.0 Å². The number of nitrogens with two attached hydrogens (primary N) is 1. The largest absolute Gasteiger partial charge is 0.347 e. The fourth-order valence-corrected chi connectivity index (χ4v) is 3.15. The fourth-order valence-electron chi connectivity index (χ4n) is 2.63. The van der Waals surface area contributed by atoms with Gasteiger partial charge in [0.2, 0.25) is 10.0 Å². The molecule has 0 unspecified atom stereocenters. The predicted octanol–water partition coefficient (Wildman–Crippen LogP) is 1.18. The van der Waals surface area contributed by atoms with Crippen LogP contribution in [-0.4, -0.2) is 31.8 Å². The number of rotatable bonds is 5. The highest BCUT2D eigenvalue weighted by atomic mass is 32.2. The Kier molecular flexibility index (Phi) is 5.67. The number of fused-ring (bicyclic) bond motifs is 1. The molecule has 9 heteroatoms. The zero-order valence-electron chi connectivity index (χ0n) is 14.8. The molecule has 3 rings (SSSR count). The Hall–Kier alpha value is -3.30. The van der Waals surface area contributed by atoms with E-state index < -0.39 is 21.8 Å². The van der Waals surface area contributed by atoms with E-state index in [2.05, 4.69) is 15.6 Å². The number of carbonyl (C=O) groups is 2. The first-order valence-corrected chi connectivity index (χ1v) is 9.94. The van der Waals surface area contributed by atoms with Gasteiger partial charge in [0.05, 0.1) is 16.1 Å². The summed E-state index contributed by atoms with van der Waals surface area (Å²) in [5.74, 6) is -1.56. The van der Waals surface area contributed by atoms with Crippen LogP contribution in [0.3, 0.4) is 0 Å². The standard InChI is InChI=1S/C19H18N4O4S/c20-28(26,27)15-8-6-13(7-9-15)10-12-22-18(24)19(25)23-16-5-1-3-14-4-2-11-21-17(14)16/h1-9,11H,10,12H2,(H,22,24)(H,23,25)(H2,20,26,27). The molecule has 144 valence electrons. The summed E-state index contributed by atoms with van der Waals surface area (Å²) in [6.07, 6.45) is 2.04. The Bertz CT molecular complexity index is 1120. The SMILES string of the molecule is NS(=O)(=O)c1ccc(CCNC(=O)C(=O)Nc2cccc3cccnc23)cc1. The molecule has 0 aliphatic rings. The van der Waals surface area contributed by atoms with Crippen LogP contribution >= 0.6 is 0 Å². The number of hydrogen-bond donors (Lipinski definition) is 3. The third-order valence-corrected chi connectivity index (χ3v) is 4.97. The molecule has 4 N–H and O–H groups in total. The molecule has 0 bridgehead atoms. The topological polar surface area (TPSA) is 131 Å². The maximum Gasteiger partial charge on any atom is 0.313 e. The number of carbonyl (C=O) groups excluding carboxylic acids is 2. The van der Waals surface area contributed by atoms with Gasteiger partial charge in [0.25, 0.3) is 0 Å². The first kappa shape index (κ1) is 19.5. The predicted molar refractivity (Wildman–Crippen MR) is 105 cm³/mol. The van der Waals surface area contributed by atoms with Crippen LogP contribution in [0.15, 0.2) is 65.7 Å². The van der Waals surface area contributed by atoms with Gasteiger partial charge in [-0.2, -0.15) is 0 Å². The van der Waals surface area contributed by atoms with E-state index in [0.717, 1.165) is 10.9 Å². The third kappa shape index (κ3) is 4.70. The molecule has 8 nitrogen and oxygen atoms in total. The first-order valence-electron chi connectivity index (χ1n) is 8.39. The number of para-hydroxylation sites is 1. The summed E-state index contributed by atoms with van der Waals surface area (Å²) >= 11 is 0. The summed E-state index contributed by atoms with van der Waals surface area (Å²) < 4.78 is 22.5. The molecule has 1 heterocycles. The summed E-state index contributed by atoms with van der Waals surface area (Å²) in [5.41, 5.74) is 1.85. The molecule has 0 saturated carbocycles. The zero-order valence-corrected chi connectivity index (χ0v) is 15.6. The second-order valence-electron chi connectivity index (χ2n) is 6.03. The fraction of sp³-hybridized carbons (Fsp3) is 0.105. The average molecular weight is 398 g/mol. The van der Waals surface area contributed by atoms with Gasteiger partial charge in [-0.1, -0.05) is 30.3 Å². The number of anilines is 1. The molecule has 28 heavy (non-hydrogen) atoms. The number of hydrogen-bond acceptors (Lipinski definition) is 5. The van der Waals surface area contributed by atoms with E-state index in [-0.39, 0.29) is 11.4 Å². The van der Waals surface area contributed by atoms with E-state index >= 15 is 0 Å². The molecular formula is C19H18N4O4S. The van der Waals surface area contributed by atoms with E-state index in [1.54, 1.807) is 36.5 Å². The van der Waals surface area contributed by atoms with Crippen LogP contribution in [0.1, 0.15) is 5.56 Å². The number of aromatic nitrogens is 1. The number of amides is 2. The maximum absolute atomic E-state index is 12.1. The van der Waals surface area contributed by atoms with Crippen LogP contribution in [0.2, 0.25) is 0 Å². The molecule has 0 fully saturated rings. The molecule has 3 aromatic rings. The molecule has 2 amide bonds. The monoisotopic (exact) mass is 398 g/mol. The van der Waals surface area contributed by atoms with Crippen molar-refractivity contribution in [2.75, 3.05) is 11.9 Å². The Labute approximate surface area is 161 Å². The highest BCUT2D eigenvalue weighted by Crippen LogP contribution is 2.20. The average Bonchev–Trinajstić information content (AvgIpc) is 2.68. The molecule has 1 aromatic heterocycles. The molecular weight excluding hydrogens is 380 g/mol. The van der Waals surface area contributed by atoms with Gasteiger partial charge in [0.1, 0.15) is 0 Å². The van der Waals surface area contributed by atoms with Gasteiger partial charge in [0, 0.05) is 18.1 Å². The molecule has 0 aliphatic carbocycles. The van der Waals surface area contributed by atoms with Crippen LogP contribution in [0.25, 0.3) is 10.9 Å². The zero-order chi connectivity index (χ0) is 20.1. The Morgan fingerprint density at radius 2 is 1.68 bits per heavy atom. The van der Waals surface area contributed by atoms with E-state index in [1.165, 1.54) is 12.1 Å². The Morgan fingerprint density at radius 1 is 0.964 bits per heavy atom. The van der Waals surface area contributed by atoms with Crippen LogP contribution in [0.5, 0.6) is 0 Å². The molecule has 0 aliphatic heterocycles. The van der Waals surface area contributed by atoms with Crippen LogP contribution in [0, 0.1) is 0 Å². The van der Waals surface area contributed by atoms with Gasteiger partial charge in [-0.3, -0.25) is 14.6 Å². The van der Waals surface area contributed by atoms with Gasteiger partial charge < -0.3 is 10.6 Å². The number of sulfonamides is 1. The first-order chi connectivity index (χ1) is 13.3. The van der Waals surface area contributed by atoms with Crippen LogP contribution < -0.4 is 15.8 Å². The van der Waals surface area contributed by atoms with Crippen molar-refractivity contribution in [3.05, 3.63) is 66.4 Å². The Balaban J connectivity index is 1.55. The lowest BCUT2D eigenvalue weighted by Gasteiger charge is -2.09. The third-order valence-electron chi connectivity index (χ3n) is 4.04. The molecule has 2 aromatic carbocycles. The van der Waals surface area contributed by atoms with Crippen LogP contribution in [0.4, 0.5) is 5.69 Å². The van der Waals surface area contributed by atoms with Crippen molar-refractivity contribution >= 4 is 38.4 Å². The summed E-state index contributed by atoms with van der Waals surface area (Å²) in [6.45, 7) is 0.217. The lowest BCUT2D eigenvalue weighted by atomic mass is 10.1. The minimum Gasteiger partial charge on any atom is -0.347 e. The molecule has 0 saturated heterocycles. The van der Waals surface area contributed by atoms with Gasteiger partial charge in [-0.25, -0.2) is 13.6 Å². The minimum absolute atomic E-state index is 0.0170. The second-order valence-corrected chi connectivity index (χ2v) is 7.59. The Morgan fingerprint density at radius 3 is 2.39 bits per heavy atom. The van der Waals surface area contributed by atoms with E-state index in [1.807, 2.05) is 12.1 Å². The summed E-state index contributed by atoms with van der Waals surface area (Å²) in [5, 5.41) is 11.0. The quantitative estimate of drug-likeness (QED) is 0.556. The van der Waals surface area contributed by atoms with Crippen molar-refractivity contribution in [1.29, 1.82) is 0 Å². The highest BCUT2D eigenvalue weighted by Gasteiger charge is 2.15. The van der Waals surface area contributed by atoms with Gasteiger partial charge in [0.15, 0.2) is 0 Å². The van der Waals surface area contributed by atoms with Crippen LogP contribution in [-0.2, 0) is 26.0 Å². The number of nitrogens with one attached hydrogen (secondary N) is 2.